The third-order valence-electron chi connectivity index (χ3n) is 3.50. The van der Waals surface area contributed by atoms with Crippen LogP contribution in [-0.2, 0) is 14.3 Å². The highest BCUT2D eigenvalue weighted by Gasteiger charge is 2.21. The summed E-state index contributed by atoms with van der Waals surface area (Å²) in [6.45, 7) is 4.45. The number of nitrogens with zero attached hydrogens (tertiary/aromatic N) is 1. The molecule has 1 aliphatic rings. The zero-order chi connectivity index (χ0) is 15.9. The molecule has 1 fully saturated rings. The number of nitro groups is 1. The minimum Gasteiger partial charge on any atom is -0.459 e. The second-order valence-corrected chi connectivity index (χ2v) is 5.91. The smallest absolute Gasteiger partial charge is 0.324 e. The average molecular weight is 374 g/mol. The van der Waals surface area contributed by atoms with Crippen molar-refractivity contribution in [2.75, 3.05) is 39.5 Å². The first-order chi connectivity index (χ1) is 10.6. The Morgan fingerprint density at radius 2 is 2.00 bits per heavy atom. The van der Waals surface area contributed by atoms with Crippen molar-refractivity contribution in [2.45, 2.75) is 4.83 Å². The summed E-state index contributed by atoms with van der Waals surface area (Å²) < 4.78 is 10.5. The Morgan fingerprint density at radius 1 is 1.36 bits per heavy atom. The highest BCUT2D eigenvalue weighted by molar-refractivity contribution is 9.09. The summed E-state index contributed by atoms with van der Waals surface area (Å²) >= 11 is 3.27. The average Bonchev–Trinajstić information content (AvgIpc) is 2.55. The lowest BCUT2D eigenvalue weighted by atomic mass is 10.1. The zero-order valence-corrected chi connectivity index (χ0v) is 13.6. The zero-order valence-electron chi connectivity index (χ0n) is 12.0. The van der Waals surface area contributed by atoms with Gasteiger partial charge in [0.2, 0.25) is 0 Å². The van der Waals surface area contributed by atoms with Gasteiger partial charge in [-0.05, 0) is 5.56 Å². The van der Waals surface area contributed by atoms with Gasteiger partial charge in [-0.2, -0.15) is 0 Å². The van der Waals surface area contributed by atoms with Crippen molar-refractivity contribution in [3.05, 3.63) is 39.9 Å². The Balaban J connectivity index is 1.79. The fourth-order valence-electron chi connectivity index (χ4n) is 2.18. The molecule has 8 heteroatoms. The predicted molar refractivity (Wildman–Crippen MR) is 82.1 cm³/mol. The van der Waals surface area contributed by atoms with Crippen molar-refractivity contribution in [3.8, 4) is 0 Å². The van der Waals surface area contributed by atoms with E-state index in [0.29, 0.717) is 12.2 Å². The molecule has 0 amide bonds. The lowest BCUT2D eigenvalue weighted by Crippen LogP contribution is -3.14. The van der Waals surface area contributed by atoms with Gasteiger partial charge in [-0.1, -0.05) is 28.1 Å². The first kappa shape index (κ1) is 16.9. The van der Waals surface area contributed by atoms with Gasteiger partial charge < -0.3 is 14.4 Å². The number of carbonyl (C=O) groups excluding carboxylic acids is 1. The highest BCUT2D eigenvalue weighted by Crippen LogP contribution is 2.25. The summed E-state index contributed by atoms with van der Waals surface area (Å²) in [5, 5.41) is 10.6. The van der Waals surface area contributed by atoms with E-state index in [4.69, 9.17) is 9.47 Å². The molecule has 1 heterocycles. The van der Waals surface area contributed by atoms with Gasteiger partial charge in [0, 0.05) is 12.1 Å². The predicted octanol–water partition coefficient (Wildman–Crippen LogP) is 0.489. The Morgan fingerprint density at radius 3 is 2.59 bits per heavy atom. The topological polar surface area (TPSA) is 83.1 Å². The van der Waals surface area contributed by atoms with Gasteiger partial charge in [-0.3, -0.25) is 14.9 Å². The molecular formula is C14H18BrN2O5+. The van der Waals surface area contributed by atoms with Gasteiger partial charge in [0.1, 0.15) is 31.1 Å². The molecular weight excluding hydrogens is 356 g/mol. The summed E-state index contributed by atoms with van der Waals surface area (Å²) in [5.41, 5.74) is 0.627. The van der Waals surface area contributed by atoms with E-state index >= 15 is 0 Å². The Labute approximate surface area is 136 Å². The minimum atomic E-state index is -0.618. The van der Waals surface area contributed by atoms with Gasteiger partial charge in [-0.25, -0.2) is 0 Å². The van der Waals surface area contributed by atoms with E-state index in [2.05, 4.69) is 15.9 Å². The van der Waals surface area contributed by atoms with Crippen molar-refractivity contribution in [1.29, 1.82) is 0 Å². The third-order valence-corrected chi connectivity index (χ3v) is 4.41. The fourth-order valence-corrected chi connectivity index (χ4v) is 2.62. The number of alkyl halides is 1. The maximum Gasteiger partial charge on any atom is 0.324 e. The van der Waals surface area contributed by atoms with Crippen LogP contribution in [-0.4, -0.2) is 50.3 Å². The van der Waals surface area contributed by atoms with Crippen LogP contribution in [0.3, 0.4) is 0 Å². The molecule has 0 aromatic heterocycles. The Bertz CT molecular complexity index is 516. The molecule has 1 saturated heterocycles. The van der Waals surface area contributed by atoms with Crippen LogP contribution in [0.15, 0.2) is 24.3 Å². The summed E-state index contributed by atoms with van der Waals surface area (Å²) in [4.78, 5) is 22.8. The Hall–Kier alpha value is -1.51. The van der Waals surface area contributed by atoms with Crippen LogP contribution in [0.4, 0.5) is 5.69 Å². The van der Waals surface area contributed by atoms with Crippen LogP contribution in [0.1, 0.15) is 10.4 Å². The summed E-state index contributed by atoms with van der Waals surface area (Å²) in [5.74, 6) is -0.387. The molecule has 2 rings (SSSR count). The molecule has 1 atom stereocenters. The molecule has 0 bridgehead atoms. The monoisotopic (exact) mass is 373 g/mol. The van der Waals surface area contributed by atoms with E-state index in [0.717, 1.165) is 32.8 Å². The maximum atomic E-state index is 12.0. The summed E-state index contributed by atoms with van der Waals surface area (Å²) in [6.07, 6.45) is 0. The van der Waals surface area contributed by atoms with Gasteiger partial charge in [0.05, 0.1) is 18.1 Å². The van der Waals surface area contributed by atoms with Crippen molar-refractivity contribution >= 4 is 27.6 Å². The molecule has 22 heavy (non-hydrogen) atoms. The number of halogens is 1. The second-order valence-electron chi connectivity index (χ2n) is 4.99. The number of hydrogen-bond acceptors (Lipinski definition) is 5. The van der Waals surface area contributed by atoms with Crippen LogP contribution >= 0.6 is 15.9 Å². The van der Waals surface area contributed by atoms with Crippen LogP contribution in [0.25, 0.3) is 0 Å². The van der Waals surface area contributed by atoms with Crippen molar-refractivity contribution in [3.63, 3.8) is 0 Å². The number of morpholine rings is 1. The number of non-ortho nitro benzene ring substituents is 1. The van der Waals surface area contributed by atoms with Gasteiger partial charge in [0.25, 0.3) is 5.69 Å². The quantitative estimate of drug-likeness (QED) is 0.339. The van der Waals surface area contributed by atoms with Gasteiger partial charge in [-0.15, -0.1) is 0 Å². The van der Waals surface area contributed by atoms with E-state index in [1.807, 2.05) is 0 Å². The van der Waals surface area contributed by atoms with E-state index in [1.54, 1.807) is 12.1 Å². The number of quaternary nitrogens is 1. The standard InChI is InChI=1S/C14H17BrN2O5/c15-13(11-1-3-12(4-2-11)17(19)20)14(18)22-10-7-16-5-8-21-9-6-16/h1-4,13H,5-10H2/p+1. The number of nitrogens with one attached hydrogen (secondary N) is 1. The molecule has 0 saturated carbocycles. The van der Waals surface area contributed by atoms with E-state index in [9.17, 15) is 14.9 Å². The normalized spacial score (nSPS) is 17.0. The molecule has 1 N–H and O–H groups in total. The van der Waals surface area contributed by atoms with Crippen LogP contribution in [0.5, 0.6) is 0 Å². The van der Waals surface area contributed by atoms with Crippen molar-refractivity contribution < 1.29 is 24.1 Å². The molecule has 1 unspecified atom stereocenters. The minimum absolute atomic E-state index is 0.00673. The highest BCUT2D eigenvalue weighted by atomic mass is 79.9. The molecule has 0 spiro atoms. The lowest BCUT2D eigenvalue weighted by molar-refractivity contribution is -0.908. The first-order valence-corrected chi connectivity index (χ1v) is 7.96. The molecule has 1 aromatic rings. The van der Waals surface area contributed by atoms with E-state index < -0.39 is 9.75 Å². The van der Waals surface area contributed by atoms with Crippen LogP contribution in [0, 0.1) is 10.1 Å². The SMILES string of the molecule is O=C(OCC[NH+]1CCOCC1)C(Br)c1ccc([N+](=O)[O-])cc1. The number of esters is 1. The number of nitro benzene ring substituents is 1. The molecule has 1 aliphatic heterocycles. The number of hydrogen-bond donors (Lipinski definition) is 1. The Kier molecular flexibility index (Phi) is 6.29. The number of rotatable bonds is 6. The van der Waals surface area contributed by atoms with E-state index in [1.165, 1.54) is 17.0 Å². The second kappa shape index (κ2) is 8.21. The fraction of sp³-hybridized carbons (Fsp3) is 0.500. The number of benzene rings is 1. The molecule has 7 nitrogen and oxygen atoms in total. The van der Waals surface area contributed by atoms with Crippen molar-refractivity contribution in [2.24, 2.45) is 0 Å². The molecule has 0 radical (unpaired) electrons. The largest absolute Gasteiger partial charge is 0.459 e. The van der Waals surface area contributed by atoms with Crippen molar-refractivity contribution in [1.82, 2.24) is 0 Å². The lowest BCUT2D eigenvalue weighted by Gasteiger charge is -2.23. The number of carbonyl (C=O) groups is 1. The molecule has 0 aliphatic carbocycles. The number of ether oxygens (including phenoxy) is 2. The molecule has 120 valence electrons. The third kappa shape index (κ3) is 4.75. The van der Waals surface area contributed by atoms with Gasteiger partial charge >= 0.3 is 5.97 Å². The van der Waals surface area contributed by atoms with Crippen LogP contribution in [0.2, 0.25) is 0 Å². The van der Waals surface area contributed by atoms with E-state index in [-0.39, 0.29) is 11.7 Å². The summed E-state index contributed by atoms with van der Waals surface area (Å²) in [7, 11) is 0. The maximum absolute atomic E-state index is 12.0. The first-order valence-electron chi connectivity index (χ1n) is 7.04. The molecule has 1 aromatic carbocycles. The van der Waals surface area contributed by atoms with Gasteiger partial charge in [0.15, 0.2) is 0 Å². The van der Waals surface area contributed by atoms with Crippen LogP contribution < -0.4 is 4.90 Å². The summed E-state index contributed by atoms with van der Waals surface area (Å²) in [6, 6.07) is 5.83.